The lowest BCUT2D eigenvalue weighted by atomic mass is 10.0. The summed E-state index contributed by atoms with van der Waals surface area (Å²) in [5.74, 6) is 0.597. The number of alkyl halides is 3. The minimum Gasteiger partial charge on any atom is -0.378 e. The Morgan fingerprint density at radius 1 is 1.03 bits per heavy atom. The number of morpholine rings is 2. The molecule has 0 radical (unpaired) electrons. The molecule has 2 fully saturated rings. The summed E-state index contributed by atoms with van der Waals surface area (Å²) in [5.41, 5.74) is 5.03. The molecule has 1 atom stereocenters. The topological polar surface area (TPSA) is 103 Å². The molecule has 160 valence electrons. The van der Waals surface area contributed by atoms with Crippen molar-refractivity contribution in [3.05, 3.63) is 17.5 Å². The predicted octanol–water partition coefficient (Wildman–Crippen LogP) is 1.13. The summed E-state index contributed by atoms with van der Waals surface area (Å²) in [5, 5.41) is 0. The minimum atomic E-state index is -4.70. The third-order valence-electron chi connectivity index (χ3n) is 5.54. The average molecular weight is 423 g/mol. The van der Waals surface area contributed by atoms with Crippen LogP contribution in [-0.2, 0) is 22.1 Å². The summed E-state index contributed by atoms with van der Waals surface area (Å²) >= 11 is 0. The zero-order valence-corrected chi connectivity index (χ0v) is 16.0. The molecule has 3 aliphatic rings. The summed E-state index contributed by atoms with van der Waals surface area (Å²) in [6.45, 7) is 3.81. The van der Waals surface area contributed by atoms with Gasteiger partial charge in [-0.3, -0.25) is 0 Å². The molecule has 9 nitrogen and oxygen atoms in total. The Bertz CT molecular complexity index is 966. The Morgan fingerprint density at radius 2 is 1.80 bits per heavy atom. The van der Waals surface area contributed by atoms with E-state index in [-0.39, 0.29) is 17.3 Å². The third-order valence-corrected chi connectivity index (χ3v) is 5.54. The van der Waals surface area contributed by atoms with E-state index >= 15 is 0 Å². The average Bonchev–Trinajstić information content (AvgIpc) is 3.12. The SMILES string of the molecule is Nc1ncc(-c2nc(N3CCOCC3)nc3c2C[C@@H]2COCCN32)c(C(F)(F)F)n1. The van der Waals surface area contributed by atoms with Crippen molar-refractivity contribution in [2.45, 2.75) is 18.6 Å². The number of nitrogen functional groups attached to an aromatic ring is 1. The van der Waals surface area contributed by atoms with Crippen molar-refractivity contribution < 1.29 is 22.6 Å². The molecule has 30 heavy (non-hydrogen) atoms. The van der Waals surface area contributed by atoms with Crippen molar-refractivity contribution in [1.82, 2.24) is 19.9 Å². The van der Waals surface area contributed by atoms with Gasteiger partial charge in [0.15, 0.2) is 5.69 Å². The predicted molar refractivity (Wildman–Crippen MR) is 101 cm³/mol. The van der Waals surface area contributed by atoms with Gasteiger partial charge in [0.05, 0.1) is 43.7 Å². The second kappa shape index (κ2) is 7.20. The Balaban J connectivity index is 1.70. The molecule has 5 rings (SSSR count). The van der Waals surface area contributed by atoms with Gasteiger partial charge in [-0.05, 0) is 0 Å². The molecule has 2 N–H and O–H groups in total. The lowest BCUT2D eigenvalue weighted by molar-refractivity contribution is -0.140. The van der Waals surface area contributed by atoms with Crippen LogP contribution in [0, 0.1) is 0 Å². The van der Waals surface area contributed by atoms with Gasteiger partial charge in [0.25, 0.3) is 0 Å². The zero-order valence-electron chi connectivity index (χ0n) is 16.0. The molecule has 0 spiro atoms. The van der Waals surface area contributed by atoms with Gasteiger partial charge in [-0.15, -0.1) is 0 Å². The number of nitrogens with two attached hydrogens (primary N) is 1. The summed E-state index contributed by atoms with van der Waals surface area (Å²) in [4.78, 5) is 20.6. The van der Waals surface area contributed by atoms with E-state index in [9.17, 15) is 13.2 Å². The fourth-order valence-corrected chi connectivity index (χ4v) is 4.14. The Hall–Kier alpha value is -2.73. The molecule has 0 amide bonds. The second-order valence-corrected chi connectivity index (χ2v) is 7.39. The van der Waals surface area contributed by atoms with E-state index in [2.05, 4.69) is 19.9 Å². The van der Waals surface area contributed by atoms with Crippen LogP contribution in [0.5, 0.6) is 0 Å². The lowest BCUT2D eigenvalue weighted by Crippen LogP contribution is -2.43. The van der Waals surface area contributed by atoms with E-state index < -0.39 is 17.8 Å². The summed E-state index contributed by atoms with van der Waals surface area (Å²) in [6.07, 6.45) is -3.10. The summed E-state index contributed by atoms with van der Waals surface area (Å²) in [7, 11) is 0. The van der Waals surface area contributed by atoms with Crippen molar-refractivity contribution in [2.24, 2.45) is 0 Å². The van der Waals surface area contributed by atoms with Crippen LogP contribution < -0.4 is 15.5 Å². The summed E-state index contributed by atoms with van der Waals surface area (Å²) < 4.78 is 52.3. The number of rotatable bonds is 2. The Morgan fingerprint density at radius 3 is 2.57 bits per heavy atom. The van der Waals surface area contributed by atoms with Crippen molar-refractivity contribution >= 4 is 17.7 Å². The van der Waals surface area contributed by atoms with Crippen molar-refractivity contribution in [3.63, 3.8) is 0 Å². The molecule has 0 saturated carbocycles. The molecule has 12 heteroatoms. The van der Waals surface area contributed by atoms with Gasteiger partial charge < -0.3 is 25.0 Å². The van der Waals surface area contributed by atoms with Crippen LogP contribution in [0.15, 0.2) is 6.20 Å². The first kappa shape index (κ1) is 19.2. The number of ether oxygens (including phenoxy) is 2. The highest BCUT2D eigenvalue weighted by atomic mass is 19.4. The molecule has 2 saturated heterocycles. The molecular formula is C18H20F3N7O2. The van der Waals surface area contributed by atoms with Gasteiger partial charge in [0.2, 0.25) is 11.9 Å². The van der Waals surface area contributed by atoms with Crippen LogP contribution in [-0.4, -0.2) is 72.0 Å². The first-order valence-electron chi connectivity index (χ1n) is 9.70. The number of nitrogens with zero attached hydrogens (tertiary/aromatic N) is 6. The van der Waals surface area contributed by atoms with Gasteiger partial charge in [0, 0.05) is 37.8 Å². The quantitative estimate of drug-likeness (QED) is 0.762. The normalized spacial score (nSPS) is 21.5. The van der Waals surface area contributed by atoms with E-state index in [0.29, 0.717) is 69.8 Å². The maximum atomic E-state index is 13.8. The fourth-order valence-electron chi connectivity index (χ4n) is 4.14. The van der Waals surface area contributed by atoms with E-state index in [4.69, 9.17) is 20.2 Å². The number of halogens is 3. The maximum absolute atomic E-state index is 13.8. The first-order valence-corrected chi connectivity index (χ1v) is 9.70. The molecule has 0 bridgehead atoms. The molecule has 5 heterocycles. The van der Waals surface area contributed by atoms with Crippen LogP contribution in [0.4, 0.5) is 30.9 Å². The van der Waals surface area contributed by atoms with Gasteiger partial charge in [-0.25, -0.2) is 15.0 Å². The minimum absolute atomic E-state index is 0.0192. The van der Waals surface area contributed by atoms with Crippen molar-refractivity contribution in [1.29, 1.82) is 0 Å². The third kappa shape index (κ3) is 3.29. The van der Waals surface area contributed by atoms with Crippen molar-refractivity contribution in [3.8, 4) is 11.3 Å². The molecule has 0 aliphatic carbocycles. The number of anilines is 3. The van der Waals surface area contributed by atoms with Crippen molar-refractivity contribution in [2.75, 3.05) is 61.6 Å². The molecule has 0 unspecified atom stereocenters. The largest absolute Gasteiger partial charge is 0.434 e. The molecule has 2 aromatic heterocycles. The van der Waals surface area contributed by atoms with Crippen LogP contribution in [0.3, 0.4) is 0 Å². The number of fused-ring (bicyclic) bond motifs is 3. The Labute approximate surface area is 170 Å². The Kier molecular flexibility index (Phi) is 4.62. The lowest BCUT2D eigenvalue weighted by Gasteiger charge is -2.32. The highest BCUT2D eigenvalue weighted by Gasteiger charge is 2.41. The second-order valence-electron chi connectivity index (χ2n) is 7.39. The highest BCUT2D eigenvalue weighted by molar-refractivity contribution is 5.75. The first-order chi connectivity index (χ1) is 14.4. The molecule has 2 aromatic rings. The number of hydrogen-bond donors (Lipinski definition) is 1. The number of aromatic nitrogens is 4. The van der Waals surface area contributed by atoms with Gasteiger partial charge in [0.1, 0.15) is 5.82 Å². The summed E-state index contributed by atoms with van der Waals surface area (Å²) in [6, 6.07) is 0.0192. The smallest absolute Gasteiger partial charge is 0.378 e. The number of hydrogen-bond acceptors (Lipinski definition) is 9. The van der Waals surface area contributed by atoms with Gasteiger partial charge in [-0.2, -0.15) is 18.2 Å². The highest BCUT2D eigenvalue weighted by Crippen LogP contribution is 2.42. The standard InChI is InChI=1S/C18H20F3N7O2/c19-18(20,21)14-12(8-23-16(22)25-14)13-11-7-10-9-30-6-3-28(10)15(11)26-17(24-13)27-1-4-29-5-2-27/h8,10H,1-7,9H2,(H2,22,23,25)/t10-/m1/s1. The van der Waals surface area contributed by atoms with Gasteiger partial charge >= 0.3 is 6.18 Å². The maximum Gasteiger partial charge on any atom is 0.434 e. The van der Waals surface area contributed by atoms with E-state index in [0.717, 1.165) is 6.20 Å². The van der Waals surface area contributed by atoms with E-state index in [1.165, 1.54) is 0 Å². The molecular weight excluding hydrogens is 403 g/mol. The van der Waals surface area contributed by atoms with Crippen LogP contribution in [0.2, 0.25) is 0 Å². The van der Waals surface area contributed by atoms with Crippen LogP contribution in [0.1, 0.15) is 11.3 Å². The van der Waals surface area contributed by atoms with E-state index in [1.807, 2.05) is 4.90 Å². The van der Waals surface area contributed by atoms with E-state index in [1.54, 1.807) is 0 Å². The molecule has 3 aliphatic heterocycles. The van der Waals surface area contributed by atoms with Crippen LogP contribution >= 0.6 is 0 Å². The zero-order chi connectivity index (χ0) is 20.9. The molecule has 0 aromatic carbocycles. The monoisotopic (exact) mass is 423 g/mol. The van der Waals surface area contributed by atoms with Crippen LogP contribution in [0.25, 0.3) is 11.3 Å². The van der Waals surface area contributed by atoms with Gasteiger partial charge in [-0.1, -0.05) is 0 Å². The fraction of sp³-hybridized carbons (Fsp3) is 0.556.